The Kier molecular flexibility index (Phi) is 6.39. The van der Waals surface area contributed by atoms with Crippen molar-refractivity contribution in [1.29, 1.82) is 0 Å². The molecule has 220 valence electrons. The molecular weight excluding hydrogens is 556 g/mol. The van der Waals surface area contributed by atoms with E-state index in [4.69, 9.17) is 9.47 Å². The molecule has 2 heterocycles. The van der Waals surface area contributed by atoms with Gasteiger partial charge in [-0.15, -0.1) is 0 Å². The van der Waals surface area contributed by atoms with Crippen molar-refractivity contribution in [2.24, 2.45) is 11.8 Å². The van der Waals surface area contributed by atoms with Crippen molar-refractivity contribution in [2.45, 2.75) is 37.1 Å². The molecule has 0 radical (unpaired) electrons. The summed E-state index contributed by atoms with van der Waals surface area (Å²) < 4.78 is 13.1. The molecule has 1 saturated carbocycles. The molecule has 0 spiro atoms. The molecule has 8 heteroatoms. The van der Waals surface area contributed by atoms with Gasteiger partial charge in [-0.1, -0.05) is 84.9 Å². The SMILES string of the molecule is C[C@H](NC(=O)[C@@]12Oc3ccccc3C(=O)[C@@H]1[C@H]1C(=O)c3ccccc3O[C@]12C(=O)N[C@@H](C)c1ccccc1)c1ccccc1. The third-order valence-corrected chi connectivity index (χ3v) is 9.14. The van der Waals surface area contributed by atoms with Crippen LogP contribution in [0.1, 0.15) is 57.8 Å². The van der Waals surface area contributed by atoms with Crippen molar-refractivity contribution >= 4 is 23.4 Å². The normalized spacial score (nSPS) is 25.7. The second-order valence-corrected chi connectivity index (χ2v) is 11.6. The number of amides is 2. The Bertz CT molecular complexity index is 1670. The summed E-state index contributed by atoms with van der Waals surface area (Å²) in [4.78, 5) is 57.9. The Labute approximate surface area is 254 Å². The number of benzene rings is 4. The molecule has 2 amide bonds. The Morgan fingerprint density at radius 2 is 0.909 bits per heavy atom. The number of rotatable bonds is 6. The highest BCUT2D eigenvalue weighted by atomic mass is 16.6. The smallest absolute Gasteiger partial charge is 0.270 e. The first kappa shape index (κ1) is 27.6. The molecule has 1 aliphatic carbocycles. The summed E-state index contributed by atoms with van der Waals surface area (Å²) >= 11 is 0. The number of carbonyl (C=O) groups excluding carboxylic acids is 4. The summed E-state index contributed by atoms with van der Waals surface area (Å²) in [5, 5.41) is 5.98. The van der Waals surface area contributed by atoms with E-state index in [-0.39, 0.29) is 22.6 Å². The van der Waals surface area contributed by atoms with E-state index in [9.17, 15) is 19.2 Å². The summed E-state index contributed by atoms with van der Waals surface area (Å²) in [6.45, 7) is 3.61. The van der Waals surface area contributed by atoms with Gasteiger partial charge < -0.3 is 20.1 Å². The van der Waals surface area contributed by atoms with Crippen molar-refractivity contribution < 1.29 is 28.7 Å². The average molecular weight is 587 g/mol. The molecule has 3 aliphatic rings. The van der Waals surface area contributed by atoms with Gasteiger partial charge >= 0.3 is 0 Å². The lowest BCUT2D eigenvalue weighted by Crippen LogP contribution is -2.92. The van der Waals surface area contributed by atoms with Gasteiger partial charge in [0.05, 0.1) is 35.0 Å². The van der Waals surface area contributed by atoms with E-state index in [0.29, 0.717) is 0 Å². The van der Waals surface area contributed by atoms with Gasteiger partial charge in [-0.3, -0.25) is 19.2 Å². The van der Waals surface area contributed by atoms with Gasteiger partial charge in [0.1, 0.15) is 11.5 Å². The molecule has 4 aromatic carbocycles. The minimum atomic E-state index is -2.18. The fourth-order valence-corrected chi connectivity index (χ4v) is 6.96. The van der Waals surface area contributed by atoms with Crippen LogP contribution in [0.25, 0.3) is 0 Å². The highest BCUT2D eigenvalue weighted by Crippen LogP contribution is 2.64. The third kappa shape index (κ3) is 3.76. The van der Waals surface area contributed by atoms with Crippen molar-refractivity contribution in [1.82, 2.24) is 10.6 Å². The highest BCUT2D eigenvalue weighted by molar-refractivity contribution is 6.20. The van der Waals surface area contributed by atoms with E-state index in [0.717, 1.165) is 11.1 Å². The minimum Gasteiger partial charge on any atom is -0.471 e. The maximum Gasteiger partial charge on any atom is 0.270 e. The van der Waals surface area contributed by atoms with Gasteiger partial charge in [-0.05, 0) is 49.2 Å². The van der Waals surface area contributed by atoms with Crippen LogP contribution in [0.15, 0.2) is 109 Å². The summed E-state index contributed by atoms with van der Waals surface area (Å²) in [5.74, 6) is -4.65. The predicted molar refractivity (Wildman–Crippen MR) is 161 cm³/mol. The van der Waals surface area contributed by atoms with Crippen molar-refractivity contribution in [3.8, 4) is 11.5 Å². The molecule has 0 saturated heterocycles. The van der Waals surface area contributed by atoms with E-state index in [1.54, 1.807) is 62.4 Å². The molecule has 4 aromatic rings. The third-order valence-electron chi connectivity index (χ3n) is 9.14. The molecule has 1 fully saturated rings. The van der Waals surface area contributed by atoms with Crippen LogP contribution in [-0.4, -0.2) is 34.6 Å². The number of para-hydroxylation sites is 2. The van der Waals surface area contributed by atoms with Gasteiger partial charge in [0.25, 0.3) is 11.8 Å². The maximum atomic E-state index is 14.7. The van der Waals surface area contributed by atoms with E-state index >= 15 is 0 Å². The van der Waals surface area contributed by atoms with Crippen LogP contribution in [0.4, 0.5) is 0 Å². The summed E-state index contributed by atoms with van der Waals surface area (Å²) in [6.07, 6.45) is 0. The van der Waals surface area contributed by atoms with E-state index in [1.165, 1.54) is 0 Å². The molecule has 0 bridgehead atoms. The zero-order chi connectivity index (χ0) is 30.6. The van der Waals surface area contributed by atoms with Crippen LogP contribution in [0, 0.1) is 11.8 Å². The molecule has 0 aromatic heterocycles. The Hall–Kier alpha value is -5.24. The lowest BCUT2D eigenvalue weighted by Gasteiger charge is -2.65. The van der Waals surface area contributed by atoms with Crippen LogP contribution in [0.3, 0.4) is 0 Å². The number of carbonyl (C=O) groups is 4. The van der Waals surface area contributed by atoms with Gasteiger partial charge in [-0.25, -0.2) is 0 Å². The predicted octanol–water partition coefficient (Wildman–Crippen LogP) is 5.02. The lowest BCUT2D eigenvalue weighted by atomic mass is 9.44. The molecule has 2 N–H and O–H groups in total. The first-order valence-electron chi connectivity index (χ1n) is 14.7. The van der Waals surface area contributed by atoms with Gasteiger partial charge in [0.2, 0.25) is 11.2 Å². The number of ketones is 2. The number of ether oxygens (including phenoxy) is 2. The zero-order valence-corrected chi connectivity index (χ0v) is 24.2. The Morgan fingerprint density at radius 3 is 1.30 bits per heavy atom. The zero-order valence-electron chi connectivity index (χ0n) is 24.2. The minimum absolute atomic E-state index is 0.146. The molecular formula is C36H30N2O6. The first-order chi connectivity index (χ1) is 21.3. The number of nitrogens with one attached hydrogen (secondary N) is 2. The molecule has 0 unspecified atom stereocenters. The Balaban J connectivity index is 1.41. The highest BCUT2D eigenvalue weighted by Gasteiger charge is 2.89. The van der Waals surface area contributed by atoms with E-state index in [1.807, 2.05) is 60.7 Å². The fourth-order valence-electron chi connectivity index (χ4n) is 6.96. The van der Waals surface area contributed by atoms with E-state index < -0.39 is 58.5 Å². The standard InChI is InChI=1S/C36H30N2O6/c1-21(23-13-5-3-6-14-23)37-33(41)35-29(31(39)25-17-9-11-19-27(25)43-35)30-32(40)26-18-10-12-20-28(26)44-36(30,35)34(42)38-22(2)24-15-7-4-8-16-24/h3-22,29-30H,1-2H3,(H,37,41)(H,38,42)/t21-,22-,29-,30-,35-,36-/m0/s1. The first-order valence-corrected chi connectivity index (χ1v) is 14.7. The van der Waals surface area contributed by atoms with Crippen molar-refractivity contribution in [3.05, 3.63) is 131 Å². The monoisotopic (exact) mass is 586 g/mol. The largest absolute Gasteiger partial charge is 0.471 e. The number of fused-ring (bicyclic) bond motifs is 6. The van der Waals surface area contributed by atoms with Crippen LogP contribution >= 0.6 is 0 Å². The number of Topliss-reactive ketones (excluding diaryl/α,β-unsaturated/α-hetero) is 2. The fraction of sp³-hybridized carbons (Fsp3) is 0.222. The van der Waals surface area contributed by atoms with Crippen molar-refractivity contribution in [2.75, 3.05) is 0 Å². The summed E-state index contributed by atoms with van der Waals surface area (Å²) in [7, 11) is 0. The van der Waals surface area contributed by atoms with Crippen LogP contribution in [0.2, 0.25) is 0 Å². The molecule has 6 atom stereocenters. The van der Waals surface area contributed by atoms with Gasteiger partial charge in [0, 0.05) is 0 Å². The molecule has 2 aliphatic heterocycles. The molecule has 8 nitrogen and oxygen atoms in total. The molecule has 44 heavy (non-hydrogen) atoms. The van der Waals surface area contributed by atoms with Crippen molar-refractivity contribution in [3.63, 3.8) is 0 Å². The van der Waals surface area contributed by atoms with Gasteiger partial charge in [-0.2, -0.15) is 0 Å². The summed E-state index contributed by atoms with van der Waals surface area (Å²) in [6, 6.07) is 30.8. The second kappa shape index (κ2) is 10.2. The average Bonchev–Trinajstić information content (AvgIpc) is 3.05. The maximum absolute atomic E-state index is 14.7. The quantitative estimate of drug-likeness (QED) is 0.329. The topological polar surface area (TPSA) is 111 Å². The summed E-state index contributed by atoms with van der Waals surface area (Å²) in [5.41, 5.74) is -2.25. The lowest BCUT2D eigenvalue weighted by molar-refractivity contribution is -0.240. The number of hydrogen-bond donors (Lipinski definition) is 2. The van der Waals surface area contributed by atoms with Crippen LogP contribution < -0.4 is 20.1 Å². The van der Waals surface area contributed by atoms with Gasteiger partial charge in [0.15, 0.2) is 11.6 Å². The second-order valence-electron chi connectivity index (χ2n) is 11.6. The van der Waals surface area contributed by atoms with E-state index in [2.05, 4.69) is 10.6 Å². The number of hydrogen-bond acceptors (Lipinski definition) is 6. The molecule has 7 rings (SSSR count). The van der Waals surface area contributed by atoms with Crippen LogP contribution in [-0.2, 0) is 9.59 Å². The van der Waals surface area contributed by atoms with Crippen LogP contribution in [0.5, 0.6) is 11.5 Å². The Morgan fingerprint density at radius 1 is 0.568 bits per heavy atom.